The van der Waals surface area contributed by atoms with E-state index >= 15 is 0 Å². The normalized spacial score (nSPS) is 10.6. The Morgan fingerprint density at radius 3 is 2.67 bits per heavy atom. The average Bonchev–Trinajstić information content (AvgIpc) is 2.99. The highest BCUT2D eigenvalue weighted by Gasteiger charge is 2.10. The number of hydrogen-bond donors (Lipinski definition) is 0. The van der Waals surface area contributed by atoms with Crippen molar-refractivity contribution in [1.29, 1.82) is 0 Å². The molecule has 0 aliphatic carbocycles. The quantitative estimate of drug-likeness (QED) is 0.694. The van der Waals surface area contributed by atoms with Crippen LogP contribution in [0.5, 0.6) is 5.88 Å². The number of halogens is 2. The first-order valence-electron chi connectivity index (χ1n) is 5.91. The van der Waals surface area contributed by atoms with Gasteiger partial charge >= 0.3 is 0 Å². The smallest absolute Gasteiger partial charge is 0.222 e. The maximum atomic E-state index is 6.08. The van der Waals surface area contributed by atoms with Gasteiger partial charge in [0, 0.05) is 17.8 Å². The van der Waals surface area contributed by atoms with Gasteiger partial charge in [0.05, 0.1) is 42.1 Å². The number of aromatic nitrogens is 5. The molecule has 3 aromatic rings. The van der Waals surface area contributed by atoms with Gasteiger partial charge in [-0.25, -0.2) is 19.6 Å². The third-order valence-corrected chi connectivity index (χ3v) is 3.22. The zero-order valence-corrected chi connectivity index (χ0v) is 12.4. The molecular weight excluding hydrogens is 313 g/mol. The Morgan fingerprint density at radius 1 is 1.10 bits per heavy atom. The molecule has 0 radical (unpaired) electrons. The molecule has 0 unspecified atom stereocenters. The number of methoxy groups -OCH3 is 1. The van der Waals surface area contributed by atoms with E-state index in [1.165, 1.54) is 6.20 Å². The fourth-order valence-corrected chi connectivity index (χ4v) is 2.10. The maximum Gasteiger partial charge on any atom is 0.222 e. The number of ether oxygens (including phenoxy) is 1. The van der Waals surface area contributed by atoms with E-state index in [2.05, 4.69) is 20.1 Å². The van der Waals surface area contributed by atoms with Crippen molar-refractivity contribution < 1.29 is 4.74 Å². The number of pyridine rings is 1. The Bertz CT molecular complexity index is 772. The van der Waals surface area contributed by atoms with E-state index < -0.39 is 0 Å². The van der Waals surface area contributed by atoms with E-state index in [1.54, 1.807) is 36.4 Å². The van der Waals surface area contributed by atoms with E-state index in [4.69, 9.17) is 27.9 Å². The molecular formula is C13H9Cl2N5O. The van der Waals surface area contributed by atoms with Crippen molar-refractivity contribution in [2.75, 3.05) is 7.11 Å². The maximum absolute atomic E-state index is 6.08. The third kappa shape index (κ3) is 2.81. The van der Waals surface area contributed by atoms with Crippen LogP contribution in [0.25, 0.3) is 16.9 Å². The number of nitrogens with zero attached hydrogens (tertiary/aromatic N) is 5. The molecule has 21 heavy (non-hydrogen) atoms. The summed E-state index contributed by atoms with van der Waals surface area (Å²) in [5, 5.41) is 4.80. The minimum Gasteiger partial charge on any atom is -0.481 e. The molecule has 3 aromatic heterocycles. The van der Waals surface area contributed by atoms with Crippen molar-refractivity contribution in [3.63, 3.8) is 0 Å². The number of hydrogen-bond acceptors (Lipinski definition) is 5. The van der Waals surface area contributed by atoms with E-state index in [9.17, 15) is 0 Å². The first-order chi connectivity index (χ1) is 10.2. The van der Waals surface area contributed by atoms with E-state index in [0.29, 0.717) is 16.6 Å². The summed E-state index contributed by atoms with van der Waals surface area (Å²) in [6.07, 6.45) is 6.55. The van der Waals surface area contributed by atoms with Gasteiger partial charge in [-0.1, -0.05) is 11.6 Å². The van der Waals surface area contributed by atoms with Gasteiger partial charge in [0.15, 0.2) is 0 Å². The Labute approximate surface area is 130 Å². The summed E-state index contributed by atoms with van der Waals surface area (Å²) in [6.45, 7) is 0. The van der Waals surface area contributed by atoms with Crippen molar-refractivity contribution in [2.24, 2.45) is 0 Å². The molecule has 0 bridgehead atoms. The van der Waals surface area contributed by atoms with Crippen molar-refractivity contribution in [3.8, 4) is 22.8 Å². The van der Waals surface area contributed by atoms with Crippen LogP contribution >= 0.6 is 23.2 Å². The lowest BCUT2D eigenvalue weighted by atomic mass is 10.2. The average molecular weight is 322 g/mol. The summed E-state index contributed by atoms with van der Waals surface area (Å²) >= 11 is 11.9. The first kappa shape index (κ1) is 13.8. The predicted molar refractivity (Wildman–Crippen MR) is 79.0 cm³/mol. The molecule has 0 aromatic carbocycles. The molecule has 106 valence electrons. The summed E-state index contributed by atoms with van der Waals surface area (Å²) in [5.41, 5.74) is 2.06. The molecule has 0 amide bonds. The Balaban J connectivity index is 1.97. The summed E-state index contributed by atoms with van der Waals surface area (Å²) in [4.78, 5) is 12.1. The second-order valence-electron chi connectivity index (χ2n) is 4.07. The number of rotatable bonds is 3. The van der Waals surface area contributed by atoms with E-state index in [-0.39, 0.29) is 5.28 Å². The summed E-state index contributed by atoms with van der Waals surface area (Å²) < 4.78 is 6.68. The van der Waals surface area contributed by atoms with Gasteiger partial charge in [0.2, 0.25) is 11.2 Å². The van der Waals surface area contributed by atoms with Crippen LogP contribution in [0.3, 0.4) is 0 Å². The molecule has 6 nitrogen and oxygen atoms in total. The van der Waals surface area contributed by atoms with Gasteiger partial charge in [-0.2, -0.15) is 5.10 Å². The Morgan fingerprint density at radius 2 is 1.95 bits per heavy atom. The summed E-state index contributed by atoms with van der Waals surface area (Å²) in [7, 11) is 1.56. The van der Waals surface area contributed by atoms with Crippen LogP contribution in [-0.2, 0) is 0 Å². The monoisotopic (exact) mass is 321 g/mol. The molecule has 0 spiro atoms. The Kier molecular flexibility index (Phi) is 3.72. The van der Waals surface area contributed by atoms with Gasteiger partial charge in [-0.05, 0) is 17.7 Å². The largest absolute Gasteiger partial charge is 0.481 e. The lowest BCUT2D eigenvalue weighted by Crippen LogP contribution is -1.96. The molecule has 0 aliphatic heterocycles. The molecule has 3 rings (SSSR count). The summed E-state index contributed by atoms with van der Waals surface area (Å²) in [6, 6.07) is 3.60. The zero-order chi connectivity index (χ0) is 14.8. The van der Waals surface area contributed by atoms with E-state index in [0.717, 1.165) is 11.3 Å². The topological polar surface area (TPSA) is 65.7 Å². The SMILES string of the molecule is COc1ccc(-n2cc(-c3nc(Cl)ncc3Cl)cn2)cn1. The van der Waals surface area contributed by atoms with Gasteiger partial charge < -0.3 is 4.74 Å². The van der Waals surface area contributed by atoms with Crippen LogP contribution < -0.4 is 4.74 Å². The van der Waals surface area contributed by atoms with Gasteiger partial charge in [-0.15, -0.1) is 0 Å². The molecule has 0 N–H and O–H groups in total. The highest BCUT2D eigenvalue weighted by atomic mass is 35.5. The summed E-state index contributed by atoms with van der Waals surface area (Å²) in [5.74, 6) is 0.539. The fraction of sp³-hybridized carbons (Fsp3) is 0.0769. The van der Waals surface area contributed by atoms with Gasteiger partial charge in [0.25, 0.3) is 0 Å². The van der Waals surface area contributed by atoms with Crippen LogP contribution in [0.1, 0.15) is 0 Å². The molecule has 0 fully saturated rings. The van der Waals surface area contributed by atoms with Crippen molar-refractivity contribution in [3.05, 3.63) is 47.2 Å². The predicted octanol–water partition coefficient (Wildman–Crippen LogP) is 3.04. The molecule has 0 atom stereocenters. The lowest BCUT2D eigenvalue weighted by Gasteiger charge is -2.02. The minimum absolute atomic E-state index is 0.133. The van der Waals surface area contributed by atoms with E-state index in [1.807, 2.05) is 6.07 Å². The fourth-order valence-electron chi connectivity index (χ4n) is 1.76. The Hall–Kier alpha value is -2.18. The van der Waals surface area contributed by atoms with Crippen molar-refractivity contribution in [1.82, 2.24) is 24.7 Å². The molecule has 8 heteroatoms. The second kappa shape index (κ2) is 5.67. The molecule has 3 heterocycles. The van der Waals surface area contributed by atoms with Gasteiger partial charge in [-0.3, -0.25) is 0 Å². The highest BCUT2D eigenvalue weighted by Crippen LogP contribution is 2.26. The third-order valence-electron chi connectivity index (χ3n) is 2.77. The standard InChI is InChI=1S/C13H9Cl2N5O/c1-21-11-3-2-9(5-16-11)20-7-8(4-18-20)12-10(14)6-17-13(15)19-12/h2-7H,1H3. The molecule has 0 saturated carbocycles. The molecule has 0 saturated heterocycles. The first-order valence-corrected chi connectivity index (χ1v) is 6.66. The lowest BCUT2D eigenvalue weighted by molar-refractivity contribution is 0.397. The van der Waals surface area contributed by atoms with Crippen molar-refractivity contribution in [2.45, 2.75) is 0 Å². The van der Waals surface area contributed by atoms with Gasteiger partial charge in [0.1, 0.15) is 0 Å². The van der Waals surface area contributed by atoms with Crippen LogP contribution in [0.2, 0.25) is 10.3 Å². The minimum atomic E-state index is 0.133. The van der Waals surface area contributed by atoms with Crippen LogP contribution in [0.4, 0.5) is 0 Å². The van der Waals surface area contributed by atoms with Crippen LogP contribution in [-0.4, -0.2) is 31.8 Å². The second-order valence-corrected chi connectivity index (χ2v) is 4.81. The van der Waals surface area contributed by atoms with Crippen LogP contribution in [0, 0.1) is 0 Å². The highest BCUT2D eigenvalue weighted by molar-refractivity contribution is 6.33. The zero-order valence-electron chi connectivity index (χ0n) is 10.9. The van der Waals surface area contributed by atoms with Crippen molar-refractivity contribution >= 4 is 23.2 Å². The van der Waals surface area contributed by atoms with Crippen LogP contribution in [0.15, 0.2) is 36.9 Å². The molecule has 0 aliphatic rings.